The van der Waals surface area contributed by atoms with E-state index >= 15 is 0 Å². The number of carboxylic acid groups (broad SMARTS) is 1. The Morgan fingerprint density at radius 2 is 1.78 bits per heavy atom. The van der Waals surface area contributed by atoms with Crippen LogP contribution >= 0.6 is 11.6 Å². The number of aliphatic hydroxyl groups is 1. The van der Waals surface area contributed by atoms with Gasteiger partial charge in [-0.1, -0.05) is 60.1 Å². The summed E-state index contributed by atoms with van der Waals surface area (Å²) in [5.41, 5.74) is 4.70. The summed E-state index contributed by atoms with van der Waals surface area (Å²) in [6.07, 6.45) is -1.24. The Labute approximate surface area is 191 Å². The van der Waals surface area contributed by atoms with E-state index in [0.29, 0.717) is 22.8 Å². The molecule has 1 amide bonds. The number of hydrogen-bond donors (Lipinski definition) is 4. The van der Waals surface area contributed by atoms with Crippen LogP contribution in [0.4, 0.5) is 5.69 Å². The molecule has 0 unspecified atom stereocenters. The van der Waals surface area contributed by atoms with Gasteiger partial charge in [-0.15, -0.1) is 0 Å². The van der Waals surface area contributed by atoms with Crippen molar-refractivity contribution >= 4 is 29.2 Å². The third-order valence-electron chi connectivity index (χ3n) is 5.03. The SMILES string of the molecule is Cc1cc(NC(=O)c2cccc(-c3ccccc3)c2Cl)ccc1CNC[C@@H](O)CC(=O)O. The van der Waals surface area contributed by atoms with Crippen LogP contribution in [0, 0.1) is 6.92 Å². The minimum atomic E-state index is -1.04. The van der Waals surface area contributed by atoms with E-state index in [1.54, 1.807) is 12.1 Å². The summed E-state index contributed by atoms with van der Waals surface area (Å²) in [4.78, 5) is 23.5. The Kier molecular flexibility index (Phi) is 8.00. The molecular weight excluding hydrogens is 428 g/mol. The van der Waals surface area contributed by atoms with Crippen LogP contribution in [0.5, 0.6) is 0 Å². The Hall–Kier alpha value is -3.19. The number of anilines is 1. The summed E-state index contributed by atoms with van der Waals surface area (Å²) in [6.45, 7) is 2.57. The van der Waals surface area contributed by atoms with Gasteiger partial charge in [-0.2, -0.15) is 0 Å². The molecule has 0 saturated carbocycles. The van der Waals surface area contributed by atoms with E-state index in [1.165, 1.54) is 0 Å². The lowest BCUT2D eigenvalue weighted by molar-refractivity contribution is -0.139. The fourth-order valence-corrected chi connectivity index (χ4v) is 3.69. The van der Waals surface area contributed by atoms with Gasteiger partial charge in [0.1, 0.15) is 0 Å². The molecule has 0 aliphatic heterocycles. The fourth-order valence-electron chi connectivity index (χ4n) is 3.37. The topological polar surface area (TPSA) is 98.7 Å². The van der Waals surface area contributed by atoms with Gasteiger partial charge >= 0.3 is 5.97 Å². The lowest BCUT2D eigenvalue weighted by atomic mass is 10.0. The molecule has 4 N–H and O–H groups in total. The number of amides is 1. The highest BCUT2D eigenvalue weighted by atomic mass is 35.5. The Morgan fingerprint density at radius 3 is 2.47 bits per heavy atom. The number of carbonyl (C=O) groups is 2. The van der Waals surface area contributed by atoms with Crippen LogP contribution in [-0.4, -0.2) is 34.7 Å². The summed E-state index contributed by atoms with van der Waals surface area (Å²) in [5, 5.41) is 24.7. The monoisotopic (exact) mass is 452 g/mol. The summed E-state index contributed by atoms with van der Waals surface area (Å²) >= 11 is 6.55. The quantitative estimate of drug-likeness (QED) is 0.383. The van der Waals surface area contributed by atoms with Crippen molar-refractivity contribution in [2.75, 3.05) is 11.9 Å². The molecule has 3 aromatic rings. The number of rotatable bonds is 9. The molecule has 32 heavy (non-hydrogen) atoms. The number of aryl methyl sites for hydroxylation is 1. The molecular formula is C25H25ClN2O4. The molecule has 3 rings (SSSR count). The van der Waals surface area contributed by atoms with E-state index in [-0.39, 0.29) is 18.9 Å². The molecule has 0 aliphatic rings. The van der Waals surface area contributed by atoms with Gasteiger partial charge in [-0.25, -0.2) is 0 Å². The van der Waals surface area contributed by atoms with Gasteiger partial charge in [-0.05, 0) is 41.8 Å². The third kappa shape index (κ3) is 6.17. The van der Waals surface area contributed by atoms with E-state index in [4.69, 9.17) is 16.7 Å². The van der Waals surface area contributed by atoms with Gasteiger partial charge in [0.25, 0.3) is 5.91 Å². The Balaban J connectivity index is 1.66. The molecule has 7 heteroatoms. The second-order valence-electron chi connectivity index (χ2n) is 7.51. The molecule has 0 radical (unpaired) electrons. The molecule has 6 nitrogen and oxygen atoms in total. The van der Waals surface area contributed by atoms with Crippen LogP contribution < -0.4 is 10.6 Å². The molecule has 0 spiro atoms. The smallest absolute Gasteiger partial charge is 0.306 e. The van der Waals surface area contributed by atoms with Crippen molar-refractivity contribution in [3.63, 3.8) is 0 Å². The maximum atomic E-state index is 12.9. The Morgan fingerprint density at radius 1 is 1.03 bits per heavy atom. The molecule has 0 heterocycles. The molecule has 0 bridgehead atoms. The average Bonchev–Trinajstić information content (AvgIpc) is 2.75. The fraction of sp³-hybridized carbons (Fsp3) is 0.200. The predicted octanol–water partition coefficient (Wildman–Crippen LogP) is 4.49. The average molecular weight is 453 g/mol. The number of hydrogen-bond acceptors (Lipinski definition) is 4. The van der Waals surface area contributed by atoms with Gasteiger partial charge in [0.15, 0.2) is 0 Å². The highest BCUT2D eigenvalue weighted by molar-refractivity contribution is 6.37. The first kappa shape index (κ1) is 23.5. The number of carbonyl (C=O) groups excluding carboxylic acids is 1. The maximum Gasteiger partial charge on any atom is 0.306 e. The normalized spacial score (nSPS) is 11.7. The minimum absolute atomic E-state index is 0.181. The summed E-state index contributed by atoms with van der Waals surface area (Å²) in [5.74, 6) is -1.33. The number of benzene rings is 3. The highest BCUT2D eigenvalue weighted by Crippen LogP contribution is 2.31. The number of halogens is 1. The predicted molar refractivity (Wildman–Crippen MR) is 126 cm³/mol. The lowest BCUT2D eigenvalue weighted by Crippen LogP contribution is -2.28. The zero-order valence-electron chi connectivity index (χ0n) is 17.6. The van der Waals surface area contributed by atoms with Crippen molar-refractivity contribution in [3.05, 3.63) is 88.4 Å². The van der Waals surface area contributed by atoms with Crippen molar-refractivity contribution in [1.82, 2.24) is 5.32 Å². The standard InChI is InChI=1S/C25H25ClN2O4/c1-16-12-19(11-10-18(16)14-27-15-20(29)13-23(30)31)28-25(32)22-9-5-8-21(24(22)26)17-6-3-2-4-7-17/h2-12,20,27,29H,13-15H2,1H3,(H,28,32)(H,30,31)/t20-/m0/s1. The Bertz CT molecular complexity index is 1100. The highest BCUT2D eigenvalue weighted by Gasteiger charge is 2.15. The van der Waals surface area contributed by atoms with Crippen molar-refractivity contribution in [1.29, 1.82) is 0 Å². The van der Waals surface area contributed by atoms with E-state index in [2.05, 4.69) is 10.6 Å². The molecule has 3 aromatic carbocycles. The lowest BCUT2D eigenvalue weighted by Gasteiger charge is -2.14. The number of aliphatic carboxylic acids is 1. The van der Waals surface area contributed by atoms with Crippen molar-refractivity contribution in [3.8, 4) is 11.1 Å². The second-order valence-corrected chi connectivity index (χ2v) is 7.89. The first-order chi connectivity index (χ1) is 15.3. The molecule has 166 valence electrons. The van der Waals surface area contributed by atoms with E-state index in [0.717, 1.165) is 22.3 Å². The molecule has 1 atom stereocenters. The van der Waals surface area contributed by atoms with Crippen LogP contribution in [0.1, 0.15) is 27.9 Å². The van der Waals surface area contributed by atoms with Crippen LogP contribution in [0.3, 0.4) is 0 Å². The summed E-state index contributed by atoms with van der Waals surface area (Å²) in [7, 11) is 0. The van der Waals surface area contributed by atoms with Crippen molar-refractivity contribution < 1.29 is 19.8 Å². The van der Waals surface area contributed by atoms with E-state index in [1.807, 2.05) is 61.5 Å². The first-order valence-electron chi connectivity index (χ1n) is 10.2. The van der Waals surface area contributed by atoms with Crippen molar-refractivity contribution in [2.45, 2.75) is 26.0 Å². The van der Waals surface area contributed by atoms with Gasteiger partial charge in [0.05, 0.1) is 23.1 Å². The maximum absolute atomic E-state index is 12.9. The third-order valence-corrected chi connectivity index (χ3v) is 5.44. The number of carboxylic acids is 1. The van der Waals surface area contributed by atoms with Gasteiger partial charge in [0, 0.05) is 24.3 Å². The summed E-state index contributed by atoms with van der Waals surface area (Å²) < 4.78 is 0. The van der Waals surface area contributed by atoms with Crippen LogP contribution in [0.15, 0.2) is 66.7 Å². The summed E-state index contributed by atoms with van der Waals surface area (Å²) in [6, 6.07) is 20.6. The molecule has 0 saturated heterocycles. The van der Waals surface area contributed by atoms with Crippen LogP contribution in [0.25, 0.3) is 11.1 Å². The van der Waals surface area contributed by atoms with Gasteiger partial charge in [-0.3, -0.25) is 9.59 Å². The molecule has 0 aromatic heterocycles. The van der Waals surface area contributed by atoms with Gasteiger partial charge < -0.3 is 20.8 Å². The largest absolute Gasteiger partial charge is 0.481 e. The molecule has 0 aliphatic carbocycles. The van der Waals surface area contributed by atoms with E-state index in [9.17, 15) is 14.7 Å². The van der Waals surface area contributed by atoms with Crippen LogP contribution in [0.2, 0.25) is 5.02 Å². The van der Waals surface area contributed by atoms with Crippen molar-refractivity contribution in [2.24, 2.45) is 0 Å². The first-order valence-corrected chi connectivity index (χ1v) is 10.6. The molecule has 0 fully saturated rings. The number of nitrogens with one attached hydrogen (secondary N) is 2. The van der Waals surface area contributed by atoms with Crippen LogP contribution in [-0.2, 0) is 11.3 Å². The van der Waals surface area contributed by atoms with E-state index < -0.39 is 12.1 Å². The van der Waals surface area contributed by atoms with Gasteiger partial charge in [0.2, 0.25) is 0 Å². The second kappa shape index (κ2) is 10.9. The minimum Gasteiger partial charge on any atom is -0.481 e. The zero-order chi connectivity index (χ0) is 23.1. The zero-order valence-corrected chi connectivity index (χ0v) is 18.4. The number of aliphatic hydroxyl groups excluding tert-OH is 1.